The Bertz CT molecular complexity index is 723. The third kappa shape index (κ3) is 4.82. The maximum atomic E-state index is 12.6. The Morgan fingerprint density at radius 2 is 1.85 bits per heavy atom. The molecule has 1 aliphatic rings. The third-order valence-electron chi connectivity index (χ3n) is 4.50. The van der Waals surface area contributed by atoms with Crippen LogP contribution in [-0.2, 0) is 20.8 Å². The average Bonchev–Trinajstić information content (AvgIpc) is 2.93. The average molecular weight is 377 g/mol. The molecule has 0 bridgehead atoms. The van der Waals surface area contributed by atoms with E-state index in [1.54, 1.807) is 0 Å². The number of aryl methyl sites for hydroxylation is 1. The molecule has 9 nitrogen and oxygen atoms in total. The van der Waals surface area contributed by atoms with E-state index in [1.807, 2.05) is 30.3 Å². The van der Waals surface area contributed by atoms with E-state index in [4.69, 9.17) is 0 Å². The fourth-order valence-electron chi connectivity index (χ4n) is 2.99. The Hall–Kier alpha value is -2.94. The number of aliphatic carboxylic acids is 2. The summed E-state index contributed by atoms with van der Waals surface area (Å²) >= 11 is 0. The number of carbonyl (C=O) groups excluding carboxylic acids is 2. The highest BCUT2D eigenvalue weighted by atomic mass is 16.4. The Morgan fingerprint density at radius 1 is 1.22 bits per heavy atom. The zero-order valence-corrected chi connectivity index (χ0v) is 15.2. The minimum absolute atomic E-state index is 0.108. The van der Waals surface area contributed by atoms with Crippen LogP contribution in [0.25, 0.3) is 0 Å². The third-order valence-corrected chi connectivity index (χ3v) is 4.50. The quantitative estimate of drug-likeness (QED) is 0.598. The molecule has 0 unspecified atom stereocenters. The summed E-state index contributed by atoms with van der Waals surface area (Å²) in [5, 5.41) is 21.4. The molecule has 2 rings (SSSR count). The first-order chi connectivity index (χ1) is 12.7. The van der Waals surface area contributed by atoms with Gasteiger partial charge in [-0.05, 0) is 25.3 Å². The minimum atomic E-state index is -1.29. The van der Waals surface area contributed by atoms with Crippen LogP contribution >= 0.6 is 0 Å². The largest absolute Gasteiger partial charge is 0.480 e. The van der Waals surface area contributed by atoms with Crippen molar-refractivity contribution in [2.75, 3.05) is 13.6 Å². The van der Waals surface area contributed by atoms with Gasteiger partial charge in [0.1, 0.15) is 6.04 Å². The van der Waals surface area contributed by atoms with Gasteiger partial charge in [-0.15, -0.1) is 0 Å². The number of imide groups is 1. The normalized spacial score (nSPS) is 19.0. The first-order valence-electron chi connectivity index (χ1n) is 8.56. The molecule has 1 aromatic carbocycles. The maximum absolute atomic E-state index is 12.6. The van der Waals surface area contributed by atoms with Crippen molar-refractivity contribution in [3.8, 4) is 0 Å². The van der Waals surface area contributed by atoms with Gasteiger partial charge in [0, 0.05) is 7.05 Å². The summed E-state index contributed by atoms with van der Waals surface area (Å²) in [4.78, 5) is 49.4. The van der Waals surface area contributed by atoms with Gasteiger partial charge in [0.05, 0.1) is 12.6 Å². The summed E-state index contributed by atoms with van der Waals surface area (Å²) in [6, 6.07) is 5.29. The van der Waals surface area contributed by atoms with Crippen LogP contribution in [0.4, 0.5) is 4.79 Å². The van der Waals surface area contributed by atoms with Crippen LogP contribution in [0.2, 0.25) is 0 Å². The molecule has 1 heterocycles. The van der Waals surface area contributed by atoms with Crippen LogP contribution in [0, 0.1) is 0 Å². The van der Waals surface area contributed by atoms with Gasteiger partial charge in [0.2, 0.25) is 5.91 Å². The molecule has 0 radical (unpaired) electrons. The standard InChI is InChI=1S/C18H23N3O6/c1-11(15(22)21-14(17(25)26)10-20(2)18(21)27)19-13(16(23)24)9-8-12-6-4-3-5-7-12/h3-7,11,13-14,19H,8-10H2,1-2H3,(H,23,24)(H,25,26)/t11-,13+,14+/m1/s1. The lowest BCUT2D eigenvalue weighted by Gasteiger charge is -2.25. The number of hydrogen-bond acceptors (Lipinski definition) is 5. The fraction of sp³-hybridized carbons (Fsp3) is 0.444. The summed E-state index contributed by atoms with van der Waals surface area (Å²) in [5.74, 6) is -3.17. The summed E-state index contributed by atoms with van der Waals surface area (Å²) in [6.07, 6.45) is 0.738. The molecule has 1 fully saturated rings. The smallest absolute Gasteiger partial charge is 0.328 e. The molecule has 3 N–H and O–H groups in total. The van der Waals surface area contributed by atoms with Gasteiger partial charge in [-0.3, -0.25) is 14.9 Å². The summed E-state index contributed by atoms with van der Waals surface area (Å²) in [6.45, 7) is 1.31. The van der Waals surface area contributed by atoms with Crippen molar-refractivity contribution in [3.63, 3.8) is 0 Å². The molecule has 146 valence electrons. The van der Waals surface area contributed by atoms with E-state index in [1.165, 1.54) is 14.0 Å². The predicted octanol–water partition coefficient (Wildman–Crippen LogP) is 0.398. The molecule has 3 atom stereocenters. The van der Waals surface area contributed by atoms with Gasteiger partial charge in [-0.1, -0.05) is 30.3 Å². The lowest BCUT2D eigenvalue weighted by molar-refractivity contribution is -0.147. The lowest BCUT2D eigenvalue weighted by Crippen LogP contribution is -2.54. The Morgan fingerprint density at radius 3 is 2.41 bits per heavy atom. The molecular weight excluding hydrogens is 354 g/mol. The van der Waals surface area contributed by atoms with Crippen molar-refractivity contribution in [1.29, 1.82) is 0 Å². The van der Waals surface area contributed by atoms with Crippen LogP contribution in [0.3, 0.4) is 0 Å². The van der Waals surface area contributed by atoms with Gasteiger partial charge in [-0.25, -0.2) is 14.5 Å². The van der Waals surface area contributed by atoms with E-state index in [2.05, 4.69) is 5.32 Å². The van der Waals surface area contributed by atoms with Gasteiger partial charge in [0.15, 0.2) is 6.04 Å². The predicted molar refractivity (Wildman–Crippen MR) is 95.1 cm³/mol. The summed E-state index contributed by atoms with van der Waals surface area (Å²) in [7, 11) is 1.41. The van der Waals surface area contributed by atoms with Crippen molar-refractivity contribution in [1.82, 2.24) is 15.1 Å². The van der Waals surface area contributed by atoms with E-state index >= 15 is 0 Å². The molecule has 1 aliphatic heterocycles. The lowest BCUT2D eigenvalue weighted by atomic mass is 10.0. The molecule has 1 saturated heterocycles. The van der Waals surface area contributed by atoms with Gasteiger partial charge in [-0.2, -0.15) is 0 Å². The molecule has 9 heteroatoms. The van der Waals surface area contributed by atoms with Crippen LogP contribution in [0.15, 0.2) is 30.3 Å². The molecule has 1 aromatic rings. The number of carboxylic acid groups (broad SMARTS) is 2. The minimum Gasteiger partial charge on any atom is -0.480 e. The number of nitrogens with zero attached hydrogens (tertiary/aromatic N) is 2. The Balaban J connectivity index is 2.04. The molecule has 0 aromatic heterocycles. The number of likely N-dealkylation sites (N-methyl/N-ethyl adjacent to an activating group) is 1. The molecule has 0 spiro atoms. The highest BCUT2D eigenvalue weighted by Gasteiger charge is 2.45. The number of urea groups is 1. The number of carboxylic acids is 2. The molecular formula is C18H23N3O6. The first kappa shape index (κ1) is 20.4. The number of benzene rings is 1. The Kier molecular flexibility index (Phi) is 6.51. The second-order valence-electron chi connectivity index (χ2n) is 6.53. The van der Waals surface area contributed by atoms with E-state index < -0.39 is 42.0 Å². The van der Waals surface area contributed by atoms with Gasteiger partial charge in [0.25, 0.3) is 0 Å². The molecule has 0 aliphatic carbocycles. The van der Waals surface area contributed by atoms with Crippen LogP contribution in [-0.4, -0.2) is 75.6 Å². The van der Waals surface area contributed by atoms with Gasteiger partial charge < -0.3 is 15.1 Å². The summed E-state index contributed by atoms with van der Waals surface area (Å²) < 4.78 is 0. The molecule has 3 amide bonds. The van der Waals surface area contributed by atoms with Crippen LogP contribution < -0.4 is 5.32 Å². The van der Waals surface area contributed by atoms with Crippen molar-refractivity contribution in [3.05, 3.63) is 35.9 Å². The number of hydrogen-bond donors (Lipinski definition) is 3. The number of nitrogens with one attached hydrogen (secondary N) is 1. The van der Waals surface area contributed by atoms with Crippen molar-refractivity contribution < 1.29 is 29.4 Å². The van der Waals surface area contributed by atoms with Crippen molar-refractivity contribution in [2.45, 2.75) is 37.9 Å². The van der Waals surface area contributed by atoms with Crippen LogP contribution in [0.1, 0.15) is 18.9 Å². The first-order valence-corrected chi connectivity index (χ1v) is 8.56. The van der Waals surface area contributed by atoms with E-state index in [0.717, 1.165) is 10.5 Å². The SMILES string of the molecule is C[C@@H](N[C@@H](CCc1ccccc1)C(=O)O)C(=O)N1C(=O)N(C)C[C@H]1C(=O)O. The second-order valence-corrected chi connectivity index (χ2v) is 6.53. The zero-order valence-electron chi connectivity index (χ0n) is 15.2. The second kappa shape index (κ2) is 8.63. The summed E-state index contributed by atoms with van der Waals surface area (Å²) in [5.41, 5.74) is 0.965. The van der Waals surface area contributed by atoms with E-state index in [-0.39, 0.29) is 13.0 Å². The topological polar surface area (TPSA) is 127 Å². The van der Waals surface area contributed by atoms with Crippen molar-refractivity contribution >= 4 is 23.9 Å². The zero-order chi connectivity index (χ0) is 20.1. The monoisotopic (exact) mass is 377 g/mol. The fourth-order valence-corrected chi connectivity index (χ4v) is 2.99. The van der Waals surface area contributed by atoms with E-state index in [0.29, 0.717) is 11.3 Å². The number of carbonyl (C=O) groups is 4. The van der Waals surface area contributed by atoms with Crippen LogP contribution in [0.5, 0.6) is 0 Å². The Labute approximate surface area is 156 Å². The highest BCUT2D eigenvalue weighted by molar-refractivity contribution is 6.02. The van der Waals surface area contributed by atoms with Crippen molar-refractivity contribution in [2.24, 2.45) is 0 Å². The highest BCUT2D eigenvalue weighted by Crippen LogP contribution is 2.17. The molecule has 0 saturated carbocycles. The number of rotatable bonds is 8. The maximum Gasteiger partial charge on any atom is 0.328 e. The number of amides is 3. The van der Waals surface area contributed by atoms with Gasteiger partial charge >= 0.3 is 18.0 Å². The van der Waals surface area contributed by atoms with E-state index in [9.17, 15) is 29.4 Å². The molecule has 27 heavy (non-hydrogen) atoms.